The van der Waals surface area contributed by atoms with Gasteiger partial charge < -0.3 is 5.32 Å². The van der Waals surface area contributed by atoms with Crippen LogP contribution in [0.3, 0.4) is 0 Å². The number of thiophene rings is 1. The molecule has 1 atom stereocenters. The number of hydrogen-bond acceptors (Lipinski definition) is 4. The number of pyridine rings is 1. The summed E-state index contributed by atoms with van der Waals surface area (Å²) < 4.78 is 0. The van der Waals surface area contributed by atoms with E-state index < -0.39 is 6.04 Å². The zero-order valence-corrected chi connectivity index (χ0v) is 19.3. The molecule has 0 aliphatic heterocycles. The largest absolute Gasteiger partial charge is 0.351 e. The summed E-state index contributed by atoms with van der Waals surface area (Å²) in [6, 6.07) is 15.6. The zero-order chi connectivity index (χ0) is 22.3. The van der Waals surface area contributed by atoms with Gasteiger partial charge in [-0.2, -0.15) is 0 Å². The molecular formula is C25H26ClN3O2S. The summed E-state index contributed by atoms with van der Waals surface area (Å²) >= 11 is 7.63. The average molecular weight is 468 g/mol. The molecular weight excluding hydrogens is 442 g/mol. The van der Waals surface area contributed by atoms with E-state index in [1.807, 2.05) is 23.6 Å². The van der Waals surface area contributed by atoms with Crippen molar-refractivity contribution in [3.63, 3.8) is 0 Å². The van der Waals surface area contributed by atoms with Crippen LogP contribution in [0.1, 0.15) is 48.7 Å². The molecule has 1 saturated carbocycles. The lowest BCUT2D eigenvalue weighted by Gasteiger charge is -2.33. The number of rotatable bonds is 7. The second kappa shape index (κ2) is 10.7. The Bertz CT molecular complexity index is 1020. The van der Waals surface area contributed by atoms with E-state index in [1.165, 1.54) is 17.8 Å². The van der Waals surface area contributed by atoms with Gasteiger partial charge in [0, 0.05) is 27.8 Å². The van der Waals surface area contributed by atoms with Crippen molar-refractivity contribution in [1.82, 2.24) is 10.3 Å². The maximum Gasteiger partial charge on any atom is 0.249 e. The Labute approximate surface area is 197 Å². The van der Waals surface area contributed by atoms with Crippen molar-refractivity contribution < 1.29 is 9.59 Å². The van der Waals surface area contributed by atoms with E-state index in [2.05, 4.69) is 10.3 Å². The molecule has 0 bridgehead atoms. The molecule has 166 valence electrons. The molecule has 3 aromatic rings. The van der Waals surface area contributed by atoms with Crippen molar-refractivity contribution in [2.75, 3.05) is 4.90 Å². The standard InChI is InChI=1S/C25H26ClN3O2S/c26-18-11-13-20(14-12-18)29(23(30)17-21-9-6-16-32-21)24(22-10-4-5-15-27-22)25(31)28-19-7-2-1-3-8-19/h4-6,9-16,19,24H,1-3,7-8,17H2,(H,28,31)/t24-/m0/s1. The van der Waals surface area contributed by atoms with Gasteiger partial charge in [0.15, 0.2) is 6.04 Å². The third kappa shape index (κ3) is 5.56. The average Bonchev–Trinajstić information content (AvgIpc) is 3.32. The third-order valence-electron chi connectivity index (χ3n) is 5.71. The molecule has 32 heavy (non-hydrogen) atoms. The molecule has 2 aromatic heterocycles. The summed E-state index contributed by atoms with van der Waals surface area (Å²) in [5.74, 6) is -0.366. The summed E-state index contributed by atoms with van der Waals surface area (Å²) in [5.41, 5.74) is 1.15. The number of amides is 2. The van der Waals surface area contributed by atoms with Crippen molar-refractivity contribution in [3.05, 3.63) is 81.8 Å². The van der Waals surface area contributed by atoms with Crippen LogP contribution in [0.2, 0.25) is 5.02 Å². The lowest BCUT2D eigenvalue weighted by Crippen LogP contribution is -2.48. The second-order valence-electron chi connectivity index (χ2n) is 8.00. The summed E-state index contributed by atoms with van der Waals surface area (Å²) in [7, 11) is 0. The lowest BCUT2D eigenvalue weighted by molar-refractivity contribution is -0.127. The zero-order valence-electron chi connectivity index (χ0n) is 17.7. The quantitative estimate of drug-likeness (QED) is 0.494. The highest BCUT2D eigenvalue weighted by atomic mass is 35.5. The lowest BCUT2D eigenvalue weighted by atomic mass is 9.95. The van der Waals surface area contributed by atoms with Gasteiger partial charge in [0.05, 0.1) is 12.1 Å². The fourth-order valence-electron chi connectivity index (χ4n) is 4.13. The first kappa shape index (κ1) is 22.5. The number of benzene rings is 1. The van der Waals surface area contributed by atoms with Gasteiger partial charge in [-0.25, -0.2) is 0 Å². The first-order valence-corrected chi connectivity index (χ1v) is 12.2. The number of nitrogens with zero attached hydrogens (tertiary/aromatic N) is 2. The Hall–Kier alpha value is -2.70. The van der Waals surface area contributed by atoms with E-state index in [9.17, 15) is 9.59 Å². The highest BCUT2D eigenvalue weighted by Crippen LogP contribution is 2.30. The van der Waals surface area contributed by atoms with Gasteiger partial charge in [0.25, 0.3) is 0 Å². The summed E-state index contributed by atoms with van der Waals surface area (Å²) in [6.07, 6.45) is 7.21. The van der Waals surface area contributed by atoms with Crippen LogP contribution in [0.15, 0.2) is 66.2 Å². The number of aromatic nitrogens is 1. The summed E-state index contributed by atoms with van der Waals surface area (Å²) in [4.78, 5) is 34.2. The third-order valence-corrected chi connectivity index (χ3v) is 6.83. The normalized spacial score (nSPS) is 15.2. The highest BCUT2D eigenvalue weighted by molar-refractivity contribution is 7.10. The van der Waals surface area contributed by atoms with Crippen LogP contribution in [0.25, 0.3) is 0 Å². The van der Waals surface area contributed by atoms with Crippen molar-refractivity contribution in [3.8, 4) is 0 Å². The van der Waals surface area contributed by atoms with E-state index in [-0.39, 0.29) is 24.3 Å². The van der Waals surface area contributed by atoms with E-state index in [4.69, 9.17) is 11.6 Å². The Morgan fingerprint density at radius 1 is 1.06 bits per heavy atom. The smallest absolute Gasteiger partial charge is 0.249 e. The van der Waals surface area contributed by atoms with E-state index in [0.29, 0.717) is 16.4 Å². The van der Waals surface area contributed by atoms with Crippen LogP contribution < -0.4 is 10.2 Å². The maximum atomic E-state index is 13.6. The van der Waals surface area contributed by atoms with Crippen LogP contribution >= 0.6 is 22.9 Å². The van der Waals surface area contributed by atoms with Gasteiger partial charge in [-0.15, -0.1) is 11.3 Å². The minimum Gasteiger partial charge on any atom is -0.351 e. The molecule has 1 N–H and O–H groups in total. The van der Waals surface area contributed by atoms with E-state index in [1.54, 1.807) is 47.5 Å². The van der Waals surface area contributed by atoms with Gasteiger partial charge in [0.1, 0.15) is 0 Å². The molecule has 4 rings (SSSR count). The number of carbonyl (C=O) groups excluding carboxylic acids is 2. The topological polar surface area (TPSA) is 62.3 Å². The van der Waals surface area contributed by atoms with Crippen LogP contribution in [-0.2, 0) is 16.0 Å². The number of hydrogen-bond donors (Lipinski definition) is 1. The molecule has 2 amide bonds. The van der Waals surface area contributed by atoms with Gasteiger partial charge in [-0.3, -0.25) is 19.5 Å². The van der Waals surface area contributed by atoms with Crippen LogP contribution in [0.5, 0.6) is 0 Å². The molecule has 1 aliphatic carbocycles. The molecule has 0 radical (unpaired) electrons. The fraction of sp³-hybridized carbons (Fsp3) is 0.320. The number of anilines is 1. The summed E-state index contributed by atoms with van der Waals surface area (Å²) in [5, 5.41) is 5.71. The van der Waals surface area contributed by atoms with Crippen molar-refractivity contribution in [2.24, 2.45) is 0 Å². The Morgan fingerprint density at radius 3 is 2.50 bits per heavy atom. The number of halogens is 1. The predicted molar refractivity (Wildman–Crippen MR) is 129 cm³/mol. The Balaban J connectivity index is 1.71. The molecule has 1 aromatic carbocycles. The Kier molecular flexibility index (Phi) is 7.55. The molecule has 1 aliphatic rings. The SMILES string of the molecule is O=C(NC1CCCCC1)[C@H](c1ccccn1)N(C(=O)Cc1cccs1)c1ccc(Cl)cc1. The van der Waals surface area contributed by atoms with Gasteiger partial charge >= 0.3 is 0 Å². The number of nitrogens with one attached hydrogen (secondary N) is 1. The summed E-state index contributed by atoms with van der Waals surface area (Å²) in [6.45, 7) is 0. The fourth-order valence-corrected chi connectivity index (χ4v) is 4.96. The number of carbonyl (C=O) groups is 2. The van der Waals surface area contributed by atoms with Gasteiger partial charge in [-0.1, -0.05) is 43.0 Å². The maximum absolute atomic E-state index is 13.6. The molecule has 0 unspecified atom stereocenters. The first-order chi connectivity index (χ1) is 15.6. The van der Waals surface area contributed by atoms with Crippen LogP contribution in [0, 0.1) is 0 Å². The Morgan fingerprint density at radius 2 is 1.84 bits per heavy atom. The molecule has 7 heteroatoms. The molecule has 0 spiro atoms. The van der Waals surface area contributed by atoms with E-state index in [0.717, 1.165) is 30.6 Å². The van der Waals surface area contributed by atoms with Crippen molar-refractivity contribution >= 4 is 40.4 Å². The van der Waals surface area contributed by atoms with Crippen LogP contribution in [-0.4, -0.2) is 22.8 Å². The minimum absolute atomic E-state index is 0.127. The molecule has 2 heterocycles. The van der Waals surface area contributed by atoms with Crippen molar-refractivity contribution in [1.29, 1.82) is 0 Å². The predicted octanol–water partition coefficient (Wildman–Crippen LogP) is 5.56. The molecule has 0 saturated heterocycles. The molecule has 5 nitrogen and oxygen atoms in total. The second-order valence-corrected chi connectivity index (χ2v) is 9.47. The van der Waals surface area contributed by atoms with Gasteiger partial charge in [0.2, 0.25) is 11.8 Å². The first-order valence-electron chi connectivity index (χ1n) is 10.9. The molecule has 1 fully saturated rings. The van der Waals surface area contributed by atoms with Crippen LogP contribution in [0.4, 0.5) is 5.69 Å². The van der Waals surface area contributed by atoms with E-state index >= 15 is 0 Å². The van der Waals surface area contributed by atoms with Gasteiger partial charge in [-0.05, 0) is 60.7 Å². The minimum atomic E-state index is -0.869. The monoisotopic (exact) mass is 467 g/mol. The van der Waals surface area contributed by atoms with Crippen molar-refractivity contribution in [2.45, 2.75) is 50.6 Å². The highest BCUT2D eigenvalue weighted by Gasteiger charge is 2.35.